The summed E-state index contributed by atoms with van der Waals surface area (Å²) in [6.45, 7) is 5.41. The number of hydrogen-bond acceptors (Lipinski definition) is 9. The molecular weight excluding hydrogens is 592 g/mol. The highest BCUT2D eigenvalue weighted by atomic mass is 19.4. The van der Waals surface area contributed by atoms with Gasteiger partial charge >= 0.3 is 6.18 Å². The number of carbonyl (C=O) groups is 2. The maximum absolute atomic E-state index is 13.8. The highest BCUT2D eigenvalue weighted by Gasteiger charge is 2.32. The van der Waals surface area contributed by atoms with Crippen molar-refractivity contribution < 1.29 is 27.9 Å². The topological polar surface area (TPSA) is 146 Å². The Bertz CT molecular complexity index is 1870. The second kappa shape index (κ2) is 12.2. The van der Waals surface area contributed by atoms with Crippen LogP contribution in [0, 0.1) is 13.8 Å². The molecule has 2 amide bonds. The monoisotopic (exact) mass is 620 g/mol. The number of anilines is 2. The molecule has 5 rings (SSSR count). The van der Waals surface area contributed by atoms with Crippen molar-refractivity contribution in [1.82, 2.24) is 29.4 Å². The van der Waals surface area contributed by atoms with E-state index in [0.29, 0.717) is 12.1 Å². The second-order valence-electron chi connectivity index (χ2n) is 10.5. The number of aryl methyl sites for hydroxylation is 2. The van der Waals surface area contributed by atoms with Crippen LogP contribution in [0.5, 0.6) is 5.75 Å². The molecule has 2 N–H and O–H groups in total. The van der Waals surface area contributed by atoms with E-state index in [9.17, 15) is 32.7 Å². The van der Waals surface area contributed by atoms with E-state index in [0.717, 1.165) is 12.1 Å². The zero-order valence-corrected chi connectivity index (χ0v) is 24.6. The van der Waals surface area contributed by atoms with E-state index in [1.165, 1.54) is 30.4 Å². The van der Waals surface area contributed by atoms with Gasteiger partial charge in [0.1, 0.15) is 26.4 Å². The van der Waals surface area contributed by atoms with E-state index in [1.807, 2.05) is 6.92 Å². The maximum atomic E-state index is 13.8. The van der Waals surface area contributed by atoms with Gasteiger partial charge in [0, 0.05) is 49.4 Å². The smallest absolute Gasteiger partial charge is 0.416 e. The lowest BCUT2D eigenvalue weighted by molar-refractivity contribution is -0.137. The molecule has 0 saturated carbocycles. The molecule has 4 heterocycles. The first-order chi connectivity index (χ1) is 21.3. The Hall–Kier alpha value is -5.02. The predicted octanol–water partition coefficient (Wildman–Crippen LogP) is 1.88. The second-order valence-corrected chi connectivity index (χ2v) is 10.5. The predicted molar refractivity (Wildman–Crippen MR) is 160 cm³/mol. The third kappa shape index (κ3) is 6.17. The minimum Gasteiger partial charge on any atom is -0.504 e. The highest BCUT2D eigenvalue weighted by Crippen LogP contribution is 2.32. The van der Waals surface area contributed by atoms with E-state index in [-0.39, 0.29) is 83.6 Å². The molecule has 12 nitrogen and oxygen atoms in total. The number of rotatable bonds is 6. The maximum Gasteiger partial charge on any atom is 0.416 e. The minimum atomic E-state index is -4.52. The lowest BCUT2D eigenvalue weighted by Crippen LogP contribution is -2.50. The van der Waals surface area contributed by atoms with Crippen LogP contribution >= 0.6 is 0 Å². The Kier molecular flexibility index (Phi) is 8.50. The van der Waals surface area contributed by atoms with Crippen LogP contribution in [0.1, 0.15) is 39.9 Å². The van der Waals surface area contributed by atoms with Crippen LogP contribution in [0.25, 0.3) is 11.2 Å². The molecule has 4 aromatic rings. The van der Waals surface area contributed by atoms with Crippen LogP contribution < -0.4 is 21.2 Å². The molecule has 45 heavy (non-hydrogen) atoms. The van der Waals surface area contributed by atoms with Crippen LogP contribution in [0.3, 0.4) is 0 Å². The first-order valence-electron chi connectivity index (χ1n) is 14.0. The van der Waals surface area contributed by atoms with Crippen LogP contribution in [0.4, 0.5) is 24.5 Å². The normalized spacial score (nSPS) is 13.7. The van der Waals surface area contributed by atoms with Gasteiger partial charge < -0.3 is 24.8 Å². The summed E-state index contributed by atoms with van der Waals surface area (Å²) in [5, 5.41) is 12.9. The molecule has 0 atom stereocenters. The van der Waals surface area contributed by atoms with Crippen molar-refractivity contribution in [2.45, 2.75) is 39.9 Å². The summed E-state index contributed by atoms with van der Waals surface area (Å²) in [7, 11) is 5.86. The average Bonchev–Trinajstić information content (AvgIpc) is 3.00. The zero-order valence-electron chi connectivity index (χ0n) is 24.6. The van der Waals surface area contributed by atoms with Crippen LogP contribution in [0.15, 0.2) is 35.5 Å². The number of carbonyl (C=O) groups excluding carboxylic acids is 2. The summed E-state index contributed by atoms with van der Waals surface area (Å²) >= 11 is 0. The molecule has 16 heteroatoms. The molecule has 1 saturated heterocycles. The Morgan fingerprint density at radius 1 is 1.09 bits per heavy atom. The number of nitrogens with one attached hydrogen (secondary N) is 1. The number of amides is 2. The van der Waals surface area contributed by atoms with E-state index in [1.54, 1.807) is 16.4 Å². The van der Waals surface area contributed by atoms with Crippen molar-refractivity contribution in [3.63, 3.8) is 0 Å². The van der Waals surface area contributed by atoms with Crippen molar-refractivity contribution in [1.29, 1.82) is 0 Å². The van der Waals surface area contributed by atoms with E-state index >= 15 is 0 Å². The quantitative estimate of drug-likeness (QED) is 0.309. The largest absolute Gasteiger partial charge is 0.504 e. The van der Waals surface area contributed by atoms with Crippen molar-refractivity contribution in [2.75, 3.05) is 36.4 Å². The number of halogens is 3. The molecule has 2 radical (unpaired) electrons. The molecule has 232 valence electrons. The van der Waals surface area contributed by atoms with Gasteiger partial charge in [-0.1, -0.05) is 6.92 Å². The van der Waals surface area contributed by atoms with Gasteiger partial charge in [-0.15, -0.1) is 0 Å². The Morgan fingerprint density at radius 3 is 2.44 bits per heavy atom. The average molecular weight is 620 g/mol. The number of pyridine rings is 1. The summed E-state index contributed by atoms with van der Waals surface area (Å²) in [6.07, 6.45) is -1.74. The Morgan fingerprint density at radius 2 is 1.80 bits per heavy atom. The molecule has 0 bridgehead atoms. The van der Waals surface area contributed by atoms with Gasteiger partial charge in [0.15, 0.2) is 22.6 Å². The number of fused-ring (bicyclic) bond motifs is 1. The fraction of sp³-hybridized carbons (Fsp3) is 0.345. The number of hydrogen-bond donors (Lipinski definition) is 2. The number of benzene rings is 1. The van der Waals surface area contributed by atoms with Gasteiger partial charge in [-0.3, -0.25) is 19.4 Å². The van der Waals surface area contributed by atoms with Gasteiger partial charge in [0.05, 0.1) is 11.3 Å². The molecule has 1 aromatic carbocycles. The summed E-state index contributed by atoms with van der Waals surface area (Å²) in [5.41, 5.74) is 0.141. The fourth-order valence-electron chi connectivity index (χ4n) is 5.32. The van der Waals surface area contributed by atoms with Crippen LogP contribution in [-0.4, -0.2) is 80.3 Å². The van der Waals surface area contributed by atoms with Gasteiger partial charge in [0.25, 0.3) is 5.91 Å². The third-order valence-corrected chi connectivity index (χ3v) is 7.61. The molecule has 0 aliphatic carbocycles. The number of piperazine rings is 1. The number of nitrogens with zero attached hydrogens (tertiary/aromatic N) is 7. The fourth-order valence-corrected chi connectivity index (χ4v) is 5.32. The number of aromatic nitrogens is 5. The molecule has 1 aliphatic rings. The van der Waals surface area contributed by atoms with Gasteiger partial charge in [-0.05, 0) is 44.0 Å². The highest BCUT2D eigenvalue weighted by molar-refractivity contribution is 6.30. The van der Waals surface area contributed by atoms with E-state index < -0.39 is 29.0 Å². The Balaban J connectivity index is 1.46. The van der Waals surface area contributed by atoms with Crippen molar-refractivity contribution in [3.05, 3.63) is 69.2 Å². The van der Waals surface area contributed by atoms with E-state index in [4.69, 9.17) is 7.85 Å². The third-order valence-electron chi connectivity index (χ3n) is 7.61. The van der Waals surface area contributed by atoms with Gasteiger partial charge in [-0.25, -0.2) is 15.0 Å². The zero-order chi connectivity index (χ0) is 32.6. The van der Waals surface area contributed by atoms with Crippen molar-refractivity contribution in [3.8, 4) is 5.75 Å². The summed E-state index contributed by atoms with van der Waals surface area (Å²) < 4.78 is 40.9. The standard InChI is InChI=1S/C29H28BF3N8O4/c1-4-19-24(39-7-9-40(10-8-39)28(45)23-25(43)16(3)35-14-36-23)26(44)22-27(34-12-20(30)38-22)41(19)13-21(42)37-18-6-5-17(11-15(18)2)29(31,32)33/h5-6,11-12,14,43H,4,7-10,13H2,1-3H3,(H,37,42). The minimum absolute atomic E-state index is 0.00143. The number of aromatic hydroxyl groups is 1. The first kappa shape index (κ1) is 31.4. The van der Waals surface area contributed by atoms with Crippen LogP contribution in [-0.2, 0) is 23.9 Å². The molecule has 0 unspecified atom stereocenters. The summed E-state index contributed by atoms with van der Waals surface area (Å²) in [6, 6.07) is 3.03. The molecule has 0 spiro atoms. The van der Waals surface area contributed by atoms with Crippen LogP contribution in [0.2, 0.25) is 0 Å². The molecule has 1 aliphatic heterocycles. The summed E-state index contributed by atoms with van der Waals surface area (Å²) in [4.78, 5) is 59.8. The van der Waals surface area contributed by atoms with Crippen molar-refractivity contribution >= 4 is 47.8 Å². The lowest BCUT2D eigenvalue weighted by atomic mass is 10.1. The molecule has 3 aromatic heterocycles. The van der Waals surface area contributed by atoms with Gasteiger partial charge in [0.2, 0.25) is 11.3 Å². The number of alkyl halides is 3. The van der Waals surface area contributed by atoms with Crippen molar-refractivity contribution in [2.24, 2.45) is 0 Å². The first-order valence-corrected chi connectivity index (χ1v) is 14.0. The van der Waals surface area contributed by atoms with Gasteiger partial charge in [-0.2, -0.15) is 13.2 Å². The summed E-state index contributed by atoms with van der Waals surface area (Å²) in [5.74, 6) is -1.33. The SMILES string of the molecule is [B]c1cnc2c(n1)c(=O)c(N1CCN(C(=O)c3ncnc(C)c3O)CC1)c(CC)n2CC(=O)Nc1ccc(C(F)(F)F)cc1C. The van der Waals surface area contributed by atoms with E-state index in [2.05, 4.69) is 25.3 Å². The Labute approximate surface area is 256 Å². The molecule has 1 fully saturated rings. The molecular formula is C29H28BF3N8O4. The lowest BCUT2D eigenvalue weighted by Gasteiger charge is -2.37.